The standard InChI is InChI=1S/C8H5BrCl2O2/c1-3-6(10)4(8(12)13)2-5(9)7(3)11/h2H,1H3,(H,12,13). The van der Waals surface area contributed by atoms with Crippen molar-refractivity contribution in [2.45, 2.75) is 6.92 Å². The molecule has 0 aliphatic heterocycles. The van der Waals surface area contributed by atoms with Crippen molar-refractivity contribution >= 4 is 45.1 Å². The maximum atomic E-state index is 10.7. The average molecular weight is 284 g/mol. The zero-order valence-electron chi connectivity index (χ0n) is 6.57. The largest absolute Gasteiger partial charge is 0.478 e. The molecule has 2 nitrogen and oxygen atoms in total. The number of hydrogen-bond acceptors (Lipinski definition) is 1. The van der Waals surface area contributed by atoms with Gasteiger partial charge in [-0.05, 0) is 34.5 Å². The van der Waals surface area contributed by atoms with Crippen molar-refractivity contribution in [2.24, 2.45) is 0 Å². The predicted octanol–water partition coefficient (Wildman–Crippen LogP) is 3.76. The number of carbonyl (C=O) groups is 1. The Balaban J connectivity index is 3.50. The summed E-state index contributed by atoms with van der Waals surface area (Å²) < 4.78 is 0.536. The van der Waals surface area contributed by atoms with Crippen molar-refractivity contribution < 1.29 is 9.90 Å². The first-order chi connectivity index (χ1) is 5.95. The number of halogens is 3. The number of aromatic carboxylic acids is 1. The number of carboxylic acids is 1. The zero-order valence-corrected chi connectivity index (χ0v) is 9.66. The molecule has 1 N–H and O–H groups in total. The second-order valence-corrected chi connectivity index (χ2v) is 4.07. The Labute approximate surface area is 93.6 Å². The molecule has 70 valence electrons. The molecule has 0 aliphatic carbocycles. The summed E-state index contributed by atoms with van der Waals surface area (Å²) in [6.07, 6.45) is 0. The zero-order chi connectivity index (χ0) is 10.2. The van der Waals surface area contributed by atoms with Gasteiger partial charge < -0.3 is 5.11 Å². The van der Waals surface area contributed by atoms with E-state index < -0.39 is 5.97 Å². The monoisotopic (exact) mass is 282 g/mol. The fraction of sp³-hybridized carbons (Fsp3) is 0.125. The molecule has 1 aromatic carbocycles. The lowest BCUT2D eigenvalue weighted by molar-refractivity contribution is 0.0697. The maximum Gasteiger partial charge on any atom is 0.337 e. The van der Waals surface area contributed by atoms with E-state index in [1.165, 1.54) is 6.07 Å². The predicted molar refractivity (Wildman–Crippen MR) is 55.9 cm³/mol. The lowest BCUT2D eigenvalue weighted by Crippen LogP contribution is -1.99. The van der Waals surface area contributed by atoms with E-state index in [0.717, 1.165) is 0 Å². The van der Waals surface area contributed by atoms with E-state index >= 15 is 0 Å². The normalized spacial score (nSPS) is 10.2. The first kappa shape index (κ1) is 10.8. The molecule has 0 radical (unpaired) electrons. The van der Waals surface area contributed by atoms with E-state index in [-0.39, 0.29) is 10.6 Å². The van der Waals surface area contributed by atoms with Crippen molar-refractivity contribution in [3.05, 3.63) is 31.7 Å². The van der Waals surface area contributed by atoms with Crippen LogP contribution in [0.4, 0.5) is 0 Å². The first-order valence-electron chi connectivity index (χ1n) is 3.32. The van der Waals surface area contributed by atoms with Gasteiger partial charge in [0.15, 0.2) is 0 Å². The number of carboxylic acid groups (broad SMARTS) is 1. The van der Waals surface area contributed by atoms with Crippen molar-refractivity contribution in [3.63, 3.8) is 0 Å². The fourth-order valence-corrected chi connectivity index (χ4v) is 1.84. The maximum absolute atomic E-state index is 10.7. The molecule has 1 aromatic rings. The molecule has 0 fully saturated rings. The van der Waals surface area contributed by atoms with Crippen LogP contribution in [0.5, 0.6) is 0 Å². The van der Waals surface area contributed by atoms with E-state index in [1.807, 2.05) is 0 Å². The average Bonchev–Trinajstić information content (AvgIpc) is 2.07. The number of hydrogen-bond donors (Lipinski definition) is 1. The molecule has 0 aliphatic rings. The van der Waals surface area contributed by atoms with Gasteiger partial charge in [-0.3, -0.25) is 0 Å². The molecule has 0 bridgehead atoms. The quantitative estimate of drug-likeness (QED) is 0.797. The van der Waals surface area contributed by atoms with Crippen molar-refractivity contribution in [1.29, 1.82) is 0 Å². The van der Waals surface area contributed by atoms with Crippen LogP contribution in [0.2, 0.25) is 10.0 Å². The van der Waals surface area contributed by atoms with Gasteiger partial charge in [0, 0.05) is 4.47 Å². The second-order valence-electron chi connectivity index (χ2n) is 2.46. The van der Waals surface area contributed by atoms with E-state index in [4.69, 9.17) is 28.3 Å². The summed E-state index contributed by atoms with van der Waals surface area (Å²) in [5.41, 5.74) is 0.616. The van der Waals surface area contributed by atoms with E-state index in [2.05, 4.69) is 15.9 Å². The molecule has 0 heterocycles. The Bertz CT molecular complexity index is 377. The smallest absolute Gasteiger partial charge is 0.337 e. The lowest BCUT2D eigenvalue weighted by atomic mass is 10.1. The van der Waals surface area contributed by atoms with Gasteiger partial charge in [0.1, 0.15) is 0 Å². The highest BCUT2D eigenvalue weighted by molar-refractivity contribution is 9.10. The molecule has 13 heavy (non-hydrogen) atoms. The lowest BCUT2D eigenvalue weighted by Gasteiger charge is -2.06. The molecule has 0 unspecified atom stereocenters. The Hall–Kier alpha value is -0.250. The summed E-state index contributed by atoms with van der Waals surface area (Å²) >= 11 is 14.8. The third kappa shape index (κ3) is 1.98. The minimum absolute atomic E-state index is 0.0513. The molecule has 5 heteroatoms. The molecule has 0 aromatic heterocycles. The van der Waals surface area contributed by atoms with Crippen LogP contribution >= 0.6 is 39.1 Å². The van der Waals surface area contributed by atoms with E-state index in [0.29, 0.717) is 15.1 Å². The van der Waals surface area contributed by atoms with Gasteiger partial charge in [-0.2, -0.15) is 0 Å². The van der Waals surface area contributed by atoms with E-state index in [9.17, 15) is 4.79 Å². The molecule has 0 saturated carbocycles. The van der Waals surface area contributed by atoms with E-state index in [1.54, 1.807) is 6.92 Å². The van der Waals surface area contributed by atoms with Gasteiger partial charge in [-0.15, -0.1) is 0 Å². The van der Waals surface area contributed by atoms with Crippen LogP contribution in [0.1, 0.15) is 15.9 Å². The minimum Gasteiger partial charge on any atom is -0.478 e. The third-order valence-corrected chi connectivity index (χ3v) is 3.43. The van der Waals surface area contributed by atoms with Crippen LogP contribution in [-0.4, -0.2) is 11.1 Å². The molecule has 0 atom stereocenters. The molecular formula is C8H5BrCl2O2. The van der Waals surface area contributed by atoms with Crippen molar-refractivity contribution in [2.75, 3.05) is 0 Å². The van der Waals surface area contributed by atoms with Gasteiger partial charge in [0.05, 0.1) is 15.6 Å². The first-order valence-corrected chi connectivity index (χ1v) is 4.87. The highest BCUT2D eigenvalue weighted by Crippen LogP contribution is 2.33. The Morgan fingerprint density at radius 3 is 2.46 bits per heavy atom. The molecule has 0 spiro atoms. The molecule has 0 amide bonds. The third-order valence-electron chi connectivity index (χ3n) is 1.61. The molecular weight excluding hydrogens is 279 g/mol. The van der Waals surface area contributed by atoms with Crippen LogP contribution in [0.3, 0.4) is 0 Å². The fourth-order valence-electron chi connectivity index (χ4n) is 0.887. The topological polar surface area (TPSA) is 37.3 Å². The highest BCUT2D eigenvalue weighted by atomic mass is 79.9. The Morgan fingerprint density at radius 2 is 2.00 bits per heavy atom. The summed E-state index contributed by atoms with van der Waals surface area (Å²) in [7, 11) is 0. The summed E-state index contributed by atoms with van der Waals surface area (Å²) in [5.74, 6) is -1.06. The molecule has 0 saturated heterocycles. The van der Waals surface area contributed by atoms with Crippen LogP contribution in [0.25, 0.3) is 0 Å². The minimum atomic E-state index is -1.06. The van der Waals surface area contributed by atoms with Crippen molar-refractivity contribution in [3.8, 4) is 0 Å². The van der Waals surface area contributed by atoms with Crippen molar-refractivity contribution in [1.82, 2.24) is 0 Å². The summed E-state index contributed by atoms with van der Waals surface area (Å²) in [5, 5.41) is 9.38. The van der Waals surface area contributed by atoms with Crippen LogP contribution in [0, 0.1) is 6.92 Å². The summed E-state index contributed by atoms with van der Waals surface area (Å²) in [4.78, 5) is 10.7. The van der Waals surface area contributed by atoms with Crippen LogP contribution in [0.15, 0.2) is 10.5 Å². The Kier molecular flexibility index (Phi) is 3.22. The second kappa shape index (κ2) is 3.86. The number of benzene rings is 1. The summed E-state index contributed by atoms with van der Waals surface area (Å²) in [6, 6.07) is 1.39. The van der Waals surface area contributed by atoms with Gasteiger partial charge in [-0.25, -0.2) is 4.79 Å². The summed E-state index contributed by atoms with van der Waals surface area (Å²) in [6.45, 7) is 1.67. The van der Waals surface area contributed by atoms with Crippen LogP contribution in [-0.2, 0) is 0 Å². The van der Waals surface area contributed by atoms with Gasteiger partial charge in [0.2, 0.25) is 0 Å². The molecule has 1 rings (SSSR count). The van der Waals surface area contributed by atoms with Gasteiger partial charge >= 0.3 is 5.97 Å². The van der Waals surface area contributed by atoms with Gasteiger partial charge in [0.25, 0.3) is 0 Å². The Morgan fingerprint density at radius 1 is 1.46 bits per heavy atom. The van der Waals surface area contributed by atoms with Gasteiger partial charge in [-0.1, -0.05) is 23.2 Å². The SMILES string of the molecule is Cc1c(Cl)c(Br)cc(C(=O)O)c1Cl. The number of rotatable bonds is 1. The van der Waals surface area contributed by atoms with Crippen LogP contribution < -0.4 is 0 Å². The highest BCUT2D eigenvalue weighted by Gasteiger charge is 2.15.